The molecule has 5 nitrogen and oxygen atoms in total. The summed E-state index contributed by atoms with van der Waals surface area (Å²) >= 11 is 1.64. The van der Waals surface area contributed by atoms with Crippen molar-refractivity contribution in [3.8, 4) is 0 Å². The first-order valence-corrected chi connectivity index (χ1v) is 8.51. The Bertz CT molecular complexity index is 612. The van der Waals surface area contributed by atoms with E-state index in [4.69, 9.17) is 0 Å². The van der Waals surface area contributed by atoms with E-state index in [9.17, 15) is 4.79 Å². The van der Waals surface area contributed by atoms with Crippen LogP contribution in [0.4, 0.5) is 5.82 Å². The second-order valence-corrected chi connectivity index (χ2v) is 6.34. The number of nitrogens with zero attached hydrogens (tertiary/aromatic N) is 4. The second-order valence-electron chi connectivity index (χ2n) is 5.56. The molecule has 6 heteroatoms. The van der Waals surface area contributed by atoms with Crippen molar-refractivity contribution in [1.29, 1.82) is 0 Å². The van der Waals surface area contributed by atoms with Crippen molar-refractivity contribution in [2.45, 2.75) is 19.8 Å². The molecule has 0 spiro atoms. The van der Waals surface area contributed by atoms with E-state index >= 15 is 0 Å². The van der Waals surface area contributed by atoms with Crippen molar-refractivity contribution >= 4 is 23.1 Å². The lowest BCUT2D eigenvalue weighted by Crippen LogP contribution is -2.36. The Labute approximate surface area is 134 Å². The van der Waals surface area contributed by atoms with Crippen LogP contribution in [0.2, 0.25) is 0 Å². The molecule has 22 heavy (non-hydrogen) atoms. The van der Waals surface area contributed by atoms with Gasteiger partial charge in [0.15, 0.2) is 5.82 Å². The predicted molar refractivity (Wildman–Crippen MR) is 88.2 cm³/mol. The Hall–Kier alpha value is -1.95. The van der Waals surface area contributed by atoms with Gasteiger partial charge in [-0.2, -0.15) is 16.4 Å². The zero-order valence-corrected chi connectivity index (χ0v) is 13.6. The van der Waals surface area contributed by atoms with Gasteiger partial charge in [-0.05, 0) is 47.9 Å². The van der Waals surface area contributed by atoms with Crippen LogP contribution in [-0.4, -0.2) is 47.2 Å². The minimum absolute atomic E-state index is 0.218. The van der Waals surface area contributed by atoms with Gasteiger partial charge in [0.05, 0.1) is 12.1 Å². The minimum atomic E-state index is 0.218. The first kappa shape index (κ1) is 15.0. The summed E-state index contributed by atoms with van der Waals surface area (Å²) < 4.78 is 0. The van der Waals surface area contributed by atoms with E-state index in [1.165, 1.54) is 0 Å². The fraction of sp³-hybridized carbons (Fsp3) is 0.438. The number of anilines is 1. The third kappa shape index (κ3) is 3.62. The average Bonchev–Trinajstić information content (AvgIpc) is 2.90. The Morgan fingerprint density at radius 3 is 2.82 bits per heavy atom. The smallest absolute Gasteiger partial charge is 0.227 e. The molecule has 0 unspecified atom stereocenters. The number of thiophene rings is 1. The monoisotopic (exact) mass is 316 g/mol. The van der Waals surface area contributed by atoms with E-state index in [0.29, 0.717) is 6.42 Å². The highest BCUT2D eigenvalue weighted by atomic mass is 32.1. The second kappa shape index (κ2) is 6.87. The molecule has 1 amide bonds. The molecule has 0 atom stereocenters. The number of aryl methyl sites for hydroxylation is 1. The molecule has 1 saturated heterocycles. The van der Waals surface area contributed by atoms with Crippen LogP contribution < -0.4 is 4.90 Å². The van der Waals surface area contributed by atoms with Crippen LogP contribution in [0.15, 0.2) is 29.0 Å². The van der Waals surface area contributed by atoms with Gasteiger partial charge in [-0.1, -0.05) is 0 Å². The quantitative estimate of drug-likeness (QED) is 0.870. The van der Waals surface area contributed by atoms with Crippen LogP contribution in [-0.2, 0) is 11.2 Å². The van der Waals surface area contributed by atoms with Gasteiger partial charge in [-0.25, -0.2) is 0 Å². The normalized spacial score (nSPS) is 15.7. The number of hydrogen-bond donors (Lipinski definition) is 0. The molecule has 2 aromatic rings. The molecule has 0 saturated carbocycles. The number of hydrogen-bond acceptors (Lipinski definition) is 5. The number of aromatic nitrogens is 2. The predicted octanol–water partition coefficient (Wildman–Crippen LogP) is 2.13. The van der Waals surface area contributed by atoms with Crippen molar-refractivity contribution in [2.24, 2.45) is 0 Å². The van der Waals surface area contributed by atoms with Gasteiger partial charge >= 0.3 is 0 Å². The Kier molecular flexibility index (Phi) is 4.68. The van der Waals surface area contributed by atoms with Crippen molar-refractivity contribution in [3.63, 3.8) is 0 Å². The summed E-state index contributed by atoms with van der Waals surface area (Å²) in [6, 6.07) is 6.01. The number of carbonyl (C=O) groups is 1. The van der Waals surface area contributed by atoms with Crippen molar-refractivity contribution < 1.29 is 4.79 Å². The molecule has 2 aromatic heterocycles. The number of carbonyl (C=O) groups excluding carboxylic acids is 1. The van der Waals surface area contributed by atoms with Crippen molar-refractivity contribution in [3.05, 3.63) is 40.2 Å². The summed E-state index contributed by atoms with van der Waals surface area (Å²) in [6.07, 6.45) is 1.47. The highest BCUT2D eigenvalue weighted by Gasteiger charge is 2.20. The Balaban J connectivity index is 1.59. The zero-order chi connectivity index (χ0) is 15.4. The first-order chi connectivity index (χ1) is 10.7. The molecule has 0 aliphatic carbocycles. The van der Waals surface area contributed by atoms with Gasteiger partial charge in [0.2, 0.25) is 5.91 Å². The highest BCUT2D eigenvalue weighted by Crippen LogP contribution is 2.14. The van der Waals surface area contributed by atoms with E-state index in [-0.39, 0.29) is 5.91 Å². The topological polar surface area (TPSA) is 49.3 Å². The molecule has 0 bridgehead atoms. The van der Waals surface area contributed by atoms with E-state index < -0.39 is 0 Å². The van der Waals surface area contributed by atoms with Gasteiger partial charge in [0, 0.05) is 26.2 Å². The Morgan fingerprint density at radius 2 is 2.09 bits per heavy atom. The van der Waals surface area contributed by atoms with Crippen LogP contribution in [0.3, 0.4) is 0 Å². The SMILES string of the molecule is Cc1ccc(N2CCCN(C(=O)Cc3ccsc3)CC2)nn1. The van der Waals surface area contributed by atoms with Crippen LogP contribution in [0, 0.1) is 6.92 Å². The maximum atomic E-state index is 12.4. The summed E-state index contributed by atoms with van der Waals surface area (Å²) in [5.74, 6) is 1.12. The lowest BCUT2D eigenvalue weighted by Gasteiger charge is -2.22. The summed E-state index contributed by atoms with van der Waals surface area (Å²) in [5.41, 5.74) is 2.03. The molecule has 3 rings (SSSR count). The van der Waals surface area contributed by atoms with E-state index in [1.54, 1.807) is 11.3 Å². The largest absolute Gasteiger partial charge is 0.353 e. The molecule has 1 aliphatic rings. The van der Waals surface area contributed by atoms with Crippen LogP contribution >= 0.6 is 11.3 Å². The molecule has 1 fully saturated rings. The van der Waals surface area contributed by atoms with Gasteiger partial charge in [-0.3, -0.25) is 4.79 Å². The summed E-state index contributed by atoms with van der Waals surface area (Å²) in [5, 5.41) is 12.4. The molecule has 3 heterocycles. The van der Waals surface area contributed by atoms with Crippen LogP contribution in [0.5, 0.6) is 0 Å². The zero-order valence-electron chi connectivity index (χ0n) is 12.7. The van der Waals surface area contributed by atoms with E-state index in [0.717, 1.165) is 49.7 Å². The molecular formula is C16H20N4OS. The summed E-state index contributed by atoms with van der Waals surface area (Å²) in [4.78, 5) is 16.6. The summed E-state index contributed by atoms with van der Waals surface area (Å²) in [7, 11) is 0. The average molecular weight is 316 g/mol. The van der Waals surface area contributed by atoms with Gasteiger partial charge in [-0.15, -0.1) is 5.10 Å². The third-order valence-corrected chi connectivity index (χ3v) is 4.62. The molecule has 1 aliphatic heterocycles. The fourth-order valence-electron chi connectivity index (χ4n) is 2.64. The Morgan fingerprint density at radius 1 is 1.18 bits per heavy atom. The molecular weight excluding hydrogens is 296 g/mol. The molecule has 0 aromatic carbocycles. The maximum absolute atomic E-state index is 12.4. The minimum Gasteiger partial charge on any atom is -0.353 e. The fourth-order valence-corrected chi connectivity index (χ4v) is 3.30. The first-order valence-electron chi connectivity index (χ1n) is 7.56. The summed E-state index contributed by atoms with van der Waals surface area (Å²) in [6.45, 7) is 5.23. The number of amides is 1. The van der Waals surface area contributed by atoms with E-state index in [2.05, 4.69) is 15.1 Å². The molecule has 0 radical (unpaired) electrons. The van der Waals surface area contributed by atoms with Crippen LogP contribution in [0.25, 0.3) is 0 Å². The highest BCUT2D eigenvalue weighted by molar-refractivity contribution is 7.07. The lowest BCUT2D eigenvalue weighted by molar-refractivity contribution is -0.130. The van der Waals surface area contributed by atoms with Gasteiger partial charge in [0.1, 0.15) is 0 Å². The molecule has 0 N–H and O–H groups in total. The van der Waals surface area contributed by atoms with E-state index in [1.807, 2.05) is 40.8 Å². The third-order valence-electron chi connectivity index (χ3n) is 3.89. The maximum Gasteiger partial charge on any atom is 0.227 e. The molecule has 116 valence electrons. The van der Waals surface area contributed by atoms with Crippen molar-refractivity contribution in [2.75, 3.05) is 31.1 Å². The van der Waals surface area contributed by atoms with Gasteiger partial charge < -0.3 is 9.80 Å². The van der Waals surface area contributed by atoms with Crippen molar-refractivity contribution in [1.82, 2.24) is 15.1 Å². The van der Waals surface area contributed by atoms with Gasteiger partial charge in [0.25, 0.3) is 0 Å². The van der Waals surface area contributed by atoms with Crippen LogP contribution in [0.1, 0.15) is 17.7 Å². The lowest BCUT2D eigenvalue weighted by atomic mass is 10.2. The number of rotatable bonds is 3. The standard InChI is InChI=1S/C16H20N4OS/c1-13-3-4-15(18-17-13)19-6-2-7-20(9-8-19)16(21)11-14-5-10-22-12-14/h3-5,10,12H,2,6-9,11H2,1H3.